The van der Waals surface area contributed by atoms with Gasteiger partial charge in [0.15, 0.2) is 5.96 Å². The zero-order chi connectivity index (χ0) is 19.0. The second-order valence-electron chi connectivity index (χ2n) is 6.59. The predicted molar refractivity (Wildman–Crippen MR) is 105 cm³/mol. The second kappa shape index (κ2) is 9.65. The van der Waals surface area contributed by atoms with Crippen LogP contribution in [0.1, 0.15) is 13.8 Å². The van der Waals surface area contributed by atoms with E-state index in [4.69, 9.17) is 4.74 Å². The number of thiophene rings is 1. The number of ether oxygens (including phenoxy) is 1. The summed E-state index contributed by atoms with van der Waals surface area (Å²) in [7, 11) is -1.72. The van der Waals surface area contributed by atoms with Gasteiger partial charge in [-0.25, -0.2) is 13.1 Å². The van der Waals surface area contributed by atoms with Crippen LogP contribution in [0.5, 0.6) is 0 Å². The van der Waals surface area contributed by atoms with Crippen molar-refractivity contribution in [1.29, 1.82) is 0 Å². The Balaban J connectivity index is 1.72. The summed E-state index contributed by atoms with van der Waals surface area (Å²) in [5.74, 6) is 0.654. The van der Waals surface area contributed by atoms with Crippen molar-refractivity contribution >= 4 is 27.3 Å². The minimum atomic E-state index is -3.42. The summed E-state index contributed by atoms with van der Waals surface area (Å²) in [6, 6.07) is 3.31. The zero-order valence-corrected chi connectivity index (χ0v) is 17.3. The topological polar surface area (TPSA) is 95.1 Å². The number of morpholine rings is 1. The van der Waals surface area contributed by atoms with Crippen LogP contribution in [-0.4, -0.2) is 77.8 Å². The third-order valence-corrected chi connectivity index (χ3v) is 7.11. The van der Waals surface area contributed by atoms with Crippen LogP contribution in [0.4, 0.5) is 0 Å². The smallest absolute Gasteiger partial charge is 0.250 e. The Morgan fingerprint density at radius 3 is 2.65 bits per heavy atom. The van der Waals surface area contributed by atoms with Crippen LogP contribution in [-0.2, 0) is 14.8 Å². The number of hydrogen-bond donors (Lipinski definition) is 3. The Labute approximate surface area is 160 Å². The number of hydrogen-bond acceptors (Lipinski definition) is 6. The van der Waals surface area contributed by atoms with E-state index < -0.39 is 10.0 Å². The zero-order valence-electron chi connectivity index (χ0n) is 15.6. The van der Waals surface area contributed by atoms with Crippen LogP contribution in [0.25, 0.3) is 0 Å². The molecule has 0 unspecified atom stereocenters. The van der Waals surface area contributed by atoms with Gasteiger partial charge in [-0.1, -0.05) is 6.07 Å². The molecule has 2 rings (SSSR count). The van der Waals surface area contributed by atoms with Crippen LogP contribution >= 0.6 is 11.3 Å². The summed E-state index contributed by atoms with van der Waals surface area (Å²) in [5, 5.41) is 8.19. The number of sulfonamides is 1. The maximum atomic E-state index is 12.0. The lowest BCUT2D eigenvalue weighted by atomic mass is 10.0. The largest absolute Gasteiger partial charge is 0.379 e. The first-order valence-corrected chi connectivity index (χ1v) is 11.0. The molecule has 0 aromatic carbocycles. The summed E-state index contributed by atoms with van der Waals surface area (Å²) in [4.78, 5) is 6.59. The molecule has 0 aliphatic carbocycles. The Morgan fingerprint density at radius 1 is 1.31 bits per heavy atom. The molecule has 2 heterocycles. The van der Waals surface area contributed by atoms with Gasteiger partial charge in [0.05, 0.1) is 13.2 Å². The first-order valence-electron chi connectivity index (χ1n) is 8.66. The quantitative estimate of drug-likeness (QED) is 0.328. The van der Waals surface area contributed by atoms with Gasteiger partial charge < -0.3 is 15.4 Å². The van der Waals surface area contributed by atoms with Gasteiger partial charge in [-0.2, -0.15) is 0 Å². The normalized spacial score (nSPS) is 17.3. The fourth-order valence-corrected chi connectivity index (χ4v) is 4.72. The van der Waals surface area contributed by atoms with Gasteiger partial charge in [0.2, 0.25) is 10.0 Å². The van der Waals surface area contributed by atoms with Crippen molar-refractivity contribution in [2.45, 2.75) is 23.6 Å². The van der Waals surface area contributed by atoms with Gasteiger partial charge in [0, 0.05) is 45.3 Å². The van der Waals surface area contributed by atoms with Gasteiger partial charge in [-0.15, -0.1) is 11.3 Å². The van der Waals surface area contributed by atoms with E-state index >= 15 is 0 Å². The van der Waals surface area contributed by atoms with E-state index in [2.05, 4.69) is 39.1 Å². The highest BCUT2D eigenvalue weighted by molar-refractivity contribution is 7.91. The van der Waals surface area contributed by atoms with Crippen LogP contribution < -0.4 is 15.4 Å². The average molecular weight is 404 g/mol. The first kappa shape index (κ1) is 21.1. The molecule has 1 aromatic rings. The highest BCUT2D eigenvalue weighted by Crippen LogP contribution is 2.15. The average Bonchev–Trinajstić information content (AvgIpc) is 3.17. The van der Waals surface area contributed by atoms with Crippen LogP contribution in [0.2, 0.25) is 0 Å². The van der Waals surface area contributed by atoms with Crippen molar-refractivity contribution < 1.29 is 13.2 Å². The molecule has 0 bridgehead atoms. The number of guanidine groups is 1. The predicted octanol–water partition coefficient (Wildman–Crippen LogP) is 0.302. The molecule has 0 spiro atoms. The molecule has 8 nitrogen and oxygen atoms in total. The Morgan fingerprint density at radius 2 is 2.04 bits per heavy atom. The number of rotatable bonds is 8. The Kier molecular flexibility index (Phi) is 7.84. The van der Waals surface area contributed by atoms with E-state index in [1.165, 1.54) is 11.3 Å². The summed E-state index contributed by atoms with van der Waals surface area (Å²) >= 11 is 1.20. The minimum absolute atomic E-state index is 0.0256. The maximum absolute atomic E-state index is 12.0. The van der Waals surface area contributed by atoms with Gasteiger partial charge in [-0.05, 0) is 25.3 Å². The highest BCUT2D eigenvalue weighted by Gasteiger charge is 2.28. The molecule has 1 aliphatic heterocycles. The molecule has 1 fully saturated rings. The van der Waals surface area contributed by atoms with Crippen molar-refractivity contribution in [3.63, 3.8) is 0 Å². The Hall–Kier alpha value is -1.20. The third kappa shape index (κ3) is 6.20. The van der Waals surface area contributed by atoms with Gasteiger partial charge in [0.25, 0.3) is 0 Å². The molecule has 0 radical (unpaired) electrons. The molecule has 3 N–H and O–H groups in total. The molecule has 1 aliphatic rings. The van der Waals surface area contributed by atoms with Crippen molar-refractivity contribution in [2.24, 2.45) is 4.99 Å². The van der Waals surface area contributed by atoms with Gasteiger partial charge >= 0.3 is 0 Å². The van der Waals surface area contributed by atoms with E-state index in [-0.39, 0.29) is 12.1 Å². The molecule has 1 saturated heterocycles. The fourth-order valence-electron chi connectivity index (χ4n) is 2.65. The third-order valence-electron chi connectivity index (χ3n) is 4.25. The van der Waals surface area contributed by atoms with Crippen LogP contribution in [0.15, 0.2) is 26.7 Å². The second-order valence-corrected chi connectivity index (χ2v) is 9.54. The summed E-state index contributed by atoms with van der Waals surface area (Å²) in [5.41, 5.74) is -0.0256. The van der Waals surface area contributed by atoms with Crippen LogP contribution in [0, 0.1) is 0 Å². The lowest BCUT2D eigenvalue weighted by Crippen LogP contribution is -2.56. The van der Waals surface area contributed by atoms with E-state index in [0.29, 0.717) is 16.7 Å². The molecule has 1 aromatic heterocycles. The van der Waals surface area contributed by atoms with Gasteiger partial charge in [-0.3, -0.25) is 9.89 Å². The summed E-state index contributed by atoms with van der Waals surface area (Å²) in [6.07, 6.45) is 0. The molecule has 10 heteroatoms. The standard InChI is InChI=1S/C16H29N5O3S2/c1-16(2,21-8-10-24-11-9-21)13-19-15(17-3)18-6-7-20-26(22,23)14-5-4-12-25-14/h4-5,12,20H,6-11,13H2,1-3H3,(H2,17,18,19). The molecule has 0 atom stereocenters. The molecular formula is C16H29N5O3S2. The number of aliphatic imine (C=N–C) groups is 1. The first-order chi connectivity index (χ1) is 12.3. The molecule has 26 heavy (non-hydrogen) atoms. The highest BCUT2D eigenvalue weighted by atomic mass is 32.2. The lowest BCUT2D eigenvalue weighted by molar-refractivity contribution is -0.00833. The van der Waals surface area contributed by atoms with E-state index in [9.17, 15) is 8.42 Å². The van der Waals surface area contributed by atoms with Crippen molar-refractivity contribution in [1.82, 2.24) is 20.3 Å². The minimum Gasteiger partial charge on any atom is -0.379 e. The van der Waals surface area contributed by atoms with Crippen LogP contribution in [0.3, 0.4) is 0 Å². The van der Waals surface area contributed by atoms with Crippen molar-refractivity contribution in [3.8, 4) is 0 Å². The SMILES string of the molecule is CN=C(NCCNS(=O)(=O)c1cccs1)NCC(C)(C)N1CCOCC1. The van der Waals surface area contributed by atoms with E-state index in [1.807, 2.05) is 0 Å². The van der Waals surface area contributed by atoms with E-state index in [1.54, 1.807) is 24.6 Å². The molecule has 0 saturated carbocycles. The van der Waals surface area contributed by atoms with Crippen molar-refractivity contribution in [2.75, 3.05) is 53.0 Å². The molecule has 148 valence electrons. The lowest BCUT2D eigenvalue weighted by Gasteiger charge is -2.41. The molecular weight excluding hydrogens is 374 g/mol. The summed E-state index contributed by atoms with van der Waals surface area (Å²) < 4.78 is 32.4. The van der Waals surface area contributed by atoms with Gasteiger partial charge in [0.1, 0.15) is 4.21 Å². The number of nitrogens with zero attached hydrogens (tertiary/aromatic N) is 2. The molecule has 0 amide bonds. The Bertz CT molecular complexity index is 668. The van der Waals surface area contributed by atoms with Crippen molar-refractivity contribution in [3.05, 3.63) is 17.5 Å². The van der Waals surface area contributed by atoms with E-state index in [0.717, 1.165) is 32.8 Å². The fraction of sp³-hybridized carbons (Fsp3) is 0.688. The maximum Gasteiger partial charge on any atom is 0.250 e. The summed E-state index contributed by atoms with van der Waals surface area (Å²) in [6.45, 7) is 9.21. The number of nitrogens with one attached hydrogen (secondary N) is 3. The monoisotopic (exact) mass is 403 g/mol.